The zero-order valence-electron chi connectivity index (χ0n) is 17.9. The van der Waals surface area contributed by atoms with Gasteiger partial charge in [0, 0.05) is 6.54 Å². The highest BCUT2D eigenvalue weighted by molar-refractivity contribution is 5.78. The van der Waals surface area contributed by atoms with Crippen LogP contribution in [0.1, 0.15) is 18.1 Å². The Labute approximate surface area is 185 Å². The fourth-order valence-electron chi connectivity index (χ4n) is 3.47. The van der Waals surface area contributed by atoms with Crippen molar-refractivity contribution in [1.82, 2.24) is 24.6 Å². The molecule has 1 amide bonds. The third-order valence-corrected chi connectivity index (χ3v) is 5.06. The van der Waals surface area contributed by atoms with Crippen molar-refractivity contribution < 1.29 is 9.53 Å². The highest BCUT2D eigenvalue weighted by Gasteiger charge is 2.11. The molecule has 32 heavy (non-hydrogen) atoms. The molecule has 4 rings (SSSR count). The summed E-state index contributed by atoms with van der Waals surface area (Å²) >= 11 is 0. The molecular weight excluding hydrogens is 406 g/mol. The van der Waals surface area contributed by atoms with Gasteiger partial charge >= 0.3 is 0 Å². The molecule has 2 aromatic heterocycles. The van der Waals surface area contributed by atoms with Gasteiger partial charge in [-0.1, -0.05) is 42.5 Å². The minimum Gasteiger partial charge on any atom is -0.494 e. The molecule has 8 heteroatoms. The van der Waals surface area contributed by atoms with E-state index in [0.717, 1.165) is 16.9 Å². The summed E-state index contributed by atoms with van der Waals surface area (Å²) in [5.74, 6) is 0.710. The summed E-state index contributed by atoms with van der Waals surface area (Å²) in [6.45, 7) is 3.81. The monoisotopic (exact) mass is 431 g/mol. The maximum Gasteiger partial charge on any atom is 0.264 e. The number of nitrogens with one attached hydrogen (secondary N) is 1. The van der Waals surface area contributed by atoms with E-state index in [4.69, 9.17) is 4.74 Å². The van der Waals surface area contributed by atoms with Gasteiger partial charge in [0.2, 0.25) is 5.91 Å². The van der Waals surface area contributed by atoms with Crippen LogP contribution in [0, 0.1) is 0 Å². The molecule has 4 aromatic rings. The fourth-order valence-corrected chi connectivity index (χ4v) is 3.47. The van der Waals surface area contributed by atoms with Crippen molar-refractivity contribution in [2.75, 3.05) is 13.2 Å². The van der Waals surface area contributed by atoms with Crippen molar-refractivity contribution >= 4 is 16.9 Å². The Hall–Kier alpha value is -3.94. The molecule has 164 valence electrons. The Bertz CT molecular complexity index is 1250. The zero-order valence-corrected chi connectivity index (χ0v) is 17.9. The van der Waals surface area contributed by atoms with E-state index in [-0.39, 0.29) is 17.9 Å². The van der Waals surface area contributed by atoms with Crippen LogP contribution in [-0.2, 0) is 24.3 Å². The minimum atomic E-state index is -0.135. The maximum absolute atomic E-state index is 12.8. The second-order valence-electron chi connectivity index (χ2n) is 7.37. The second-order valence-corrected chi connectivity index (χ2v) is 7.37. The van der Waals surface area contributed by atoms with Gasteiger partial charge in [-0.05, 0) is 30.2 Å². The van der Waals surface area contributed by atoms with E-state index in [1.54, 1.807) is 15.6 Å². The maximum atomic E-state index is 12.8. The molecule has 0 aliphatic carbocycles. The molecule has 8 nitrogen and oxygen atoms in total. The van der Waals surface area contributed by atoms with Gasteiger partial charge in [-0.2, -0.15) is 5.10 Å². The van der Waals surface area contributed by atoms with Gasteiger partial charge in [0.1, 0.15) is 17.5 Å². The van der Waals surface area contributed by atoms with E-state index >= 15 is 0 Å². The molecule has 0 saturated heterocycles. The molecule has 0 aliphatic rings. The quantitative estimate of drug-likeness (QED) is 0.439. The van der Waals surface area contributed by atoms with Gasteiger partial charge in [0.05, 0.1) is 32.3 Å². The highest BCUT2D eigenvalue weighted by atomic mass is 16.5. The largest absolute Gasteiger partial charge is 0.494 e. The predicted octanol–water partition coefficient (Wildman–Crippen LogP) is 2.40. The number of amides is 1. The summed E-state index contributed by atoms with van der Waals surface area (Å²) in [6, 6.07) is 17.2. The molecular formula is C24H25N5O3. The molecule has 0 atom stereocenters. The number of fused-ring (bicyclic) bond motifs is 1. The average molecular weight is 431 g/mol. The van der Waals surface area contributed by atoms with Crippen LogP contribution in [0.15, 0.2) is 71.9 Å². The molecule has 0 spiro atoms. The van der Waals surface area contributed by atoms with Crippen LogP contribution in [-0.4, -0.2) is 38.4 Å². The van der Waals surface area contributed by atoms with Crippen LogP contribution < -0.4 is 15.6 Å². The van der Waals surface area contributed by atoms with Crippen LogP contribution in [0.25, 0.3) is 11.0 Å². The van der Waals surface area contributed by atoms with Gasteiger partial charge in [-0.15, -0.1) is 0 Å². The van der Waals surface area contributed by atoms with Crippen LogP contribution >= 0.6 is 0 Å². The van der Waals surface area contributed by atoms with Crippen molar-refractivity contribution in [1.29, 1.82) is 0 Å². The third-order valence-electron chi connectivity index (χ3n) is 5.06. The number of rotatable bonds is 9. The Morgan fingerprint density at radius 2 is 1.84 bits per heavy atom. The predicted molar refractivity (Wildman–Crippen MR) is 122 cm³/mol. The summed E-state index contributed by atoms with van der Waals surface area (Å²) in [5.41, 5.74) is 2.32. The summed E-state index contributed by atoms with van der Waals surface area (Å²) in [4.78, 5) is 29.5. The van der Waals surface area contributed by atoms with Gasteiger partial charge in [0.15, 0.2) is 5.65 Å². The lowest BCUT2D eigenvalue weighted by molar-refractivity contribution is -0.120. The van der Waals surface area contributed by atoms with E-state index < -0.39 is 0 Å². The Morgan fingerprint density at radius 1 is 1.06 bits per heavy atom. The Balaban J connectivity index is 1.34. The molecule has 2 heterocycles. The number of aromatic nitrogens is 4. The lowest BCUT2D eigenvalue weighted by Crippen LogP contribution is -2.29. The first-order valence-corrected chi connectivity index (χ1v) is 10.6. The van der Waals surface area contributed by atoms with E-state index in [1.165, 1.54) is 6.20 Å². The van der Waals surface area contributed by atoms with E-state index in [0.29, 0.717) is 37.3 Å². The summed E-state index contributed by atoms with van der Waals surface area (Å²) < 4.78 is 8.62. The average Bonchev–Trinajstić information content (AvgIpc) is 3.22. The number of nitrogens with zero attached hydrogens (tertiary/aromatic N) is 4. The standard InChI is InChI=1S/C24H25N5O3/c1-2-32-20-10-8-18(9-11-20)14-22(30)25-12-13-29-23-21(15-27-29)24(31)28(17-26-23)16-19-6-4-3-5-7-19/h3-11,15,17H,2,12-14,16H2,1H3,(H,25,30). The first kappa shape index (κ1) is 21.3. The van der Waals surface area contributed by atoms with Crippen LogP contribution in [0.2, 0.25) is 0 Å². The highest BCUT2D eigenvalue weighted by Crippen LogP contribution is 2.12. The number of carbonyl (C=O) groups is 1. The molecule has 2 aromatic carbocycles. The Kier molecular flexibility index (Phi) is 6.60. The first-order valence-electron chi connectivity index (χ1n) is 10.6. The molecule has 0 radical (unpaired) electrons. The molecule has 0 saturated carbocycles. The summed E-state index contributed by atoms with van der Waals surface area (Å²) in [6.07, 6.45) is 3.36. The lowest BCUT2D eigenvalue weighted by atomic mass is 10.1. The molecule has 0 aliphatic heterocycles. The van der Waals surface area contributed by atoms with Gasteiger partial charge in [-0.3, -0.25) is 14.2 Å². The van der Waals surface area contributed by atoms with Gasteiger partial charge in [0.25, 0.3) is 5.56 Å². The molecule has 0 bridgehead atoms. The van der Waals surface area contributed by atoms with Crippen molar-refractivity contribution in [3.05, 3.63) is 88.6 Å². The third kappa shape index (κ3) is 5.03. The van der Waals surface area contributed by atoms with Crippen molar-refractivity contribution in [2.45, 2.75) is 26.4 Å². The Morgan fingerprint density at radius 3 is 2.59 bits per heavy atom. The van der Waals surface area contributed by atoms with E-state index in [1.807, 2.05) is 61.5 Å². The summed E-state index contributed by atoms with van der Waals surface area (Å²) in [5, 5.41) is 7.64. The minimum absolute atomic E-state index is 0.0798. The normalized spacial score (nSPS) is 10.9. The lowest BCUT2D eigenvalue weighted by Gasteiger charge is -2.08. The van der Waals surface area contributed by atoms with Crippen LogP contribution in [0.3, 0.4) is 0 Å². The molecule has 0 fully saturated rings. The first-order chi connectivity index (χ1) is 15.6. The van der Waals surface area contributed by atoms with Crippen molar-refractivity contribution in [3.63, 3.8) is 0 Å². The zero-order chi connectivity index (χ0) is 22.3. The number of carbonyl (C=O) groups excluding carboxylic acids is 1. The van der Waals surface area contributed by atoms with Crippen LogP contribution in [0.4, 0.5) is 0 Å². The molecule has 0 unspecified atom stereocenters. The fraction of sp³-hybridized carbons (Fsp3) is 0.250. The summed E-state index contributed by atoms with van der Waals surface area (Å²) in [7, 11) is 0. The number of hydrogen-bond acceptors (Lipinski definition) is 5. The number of hydrogen-bond donors (Lipinski definition) is 1. The number of benzene rings is 2. The van der Waals surface area contributed by atoms with E-state index in [9.17, 15) is 9.59 Å². The van der Waals surface area contributed by atoms with Crippen LogP contribution in [0.5, 0.6) is 5.75 Å². The topological polar surface area (TPSA) is 91.0 Å². The van der Waals surface area contributed by atoms with E-state index in [2.05, 4.69) is 15.4 Å². The van der Waals surface area contributed by atoms with Crippen molar-refractivity contribution in [3.8, 4) is 5.75 Å². The smallest absolute Gasteiger partial charge is 0.264 e. The van der Waals surface area contributed by atoms with Gasteiger partial charge in [-0.25, -0.2) is 9.67 Å². The molecule has 1 N–H and O–H groups in total. The number of ether oxygens (including phenoxy) is 1. The SMILES string of the molecule is CCOc1ccc(CC(=O)NCCn2ncc3c(=O)n(Cc4ccccc4)cnc32)cc1. The van der Waals surface area contributed by atoms with Crippen molar-refractivity contribution in [2.24, 2.45) is 0 Å². The second kappa shape index (κ2) is 9.91. The van der Waals surface area contributed by atoms with Gasteiger partial charge < -0.3 is 10.1 Å².